The van der Waals surface area contributed by atoms with Crippen molar-refractivity contribution in [3.8, 4) is 10.6 Å². The molecule has 0 saturated heterocycles. The molecule has 17 heavy (non-hydrogen) atoms. The number of halogens is 1. The van der Waals surface area contributed by atoms with Crippen molar-refractivity contribution in [2.24, 2.45) is 7.05 Å². The van der Waals surface area contributed by atoms with Crippen LogP contribution in [-0.2, 0) is 7.05 Å². The largest absolute Gasteiger partial charge is 0.382 e. The van der Waals surface area contributed by atoms with Crippen LogP contribution in [0.1, 0.15) is 0 Å². The lowest BCUT2D eigenvalue weighted by atomic mass is 10.2. The van der Waals surface area contributed by atoms with Crippen LogP contribution >= 0.6 is 27.3 Å². The van der Waals surface area contributed by atoms with Crippen LogP contribution < -0.4 is 5.73 Å². The first kappa shape index (κ1) is 10.8. The lowest BCUT2D eigenvalue weighted by Gasteiger charge is -1.95. The Morgan fingerprint density at radius 1 is 1.29 bits per heavy atom. The van der Waals surface area contributed by atoms with Gasteiger partial charge < -0.3 is 5.73 Å². The molecule has 0 fully saturated rings. The molecule has 0 aliphatic carbocycles. The van der Waals surface area contributed by atoms with Crippen molar-refractivity contribution in [2.45, 2.75) is 0 Å². The van der Waals surface area contributed by atoms with Gasteiger partial charge in [0.15, 0.2) is 0 Å². The minimum atomic E-state index is 0.557. The van der Waals surface area contributed by atoms with Gasteiger partial charge in [0, 0.05) is 22.3 Å². The molecule has 0 unspecified atom stereocenters. The van der Waals surface area contributed by atoms with Gasteiger partial charge in [0.25, 0.3) is 0 Å². The summed E-state index contributed by atoms with van der Waals surface area (Å²) in [7, 11) is 1.91. The zero-order valence-corrected chi connectivity index (χ0v) is 11.5. The van der Waals surface area contributed by atoms with Crippen molar-refractivity contribution in [3.05, 3.63) is 34.8 Å². The first-order valence-electron chi connectivity index (χ1n) is 5.12. The molecule has 0 amide bonds. The molecule has 3 aromatic rings. The Kier molecular flexibility index (Phi) is 2.45. The summed E-state index contributed by atoms with van der Waals surface area (Å²) in [5.41, 5.74) is 6.76. The Hall–Kier alpha value is -1.33. The minimum absolute atomic E-state index is 0.557. The molecule has 0 aliphatic heterocycles. The van der Waals surface area contributed by atoms with Crippen LogP contribution in [0.25, 0.3) is 20.7 Å². The van der Waals surface area contributed by atoms with E-state index in [2.05, 4.69) is 45.3 Å². The van der Waals surface area contributed by atoms with Crippen molar-refractivity contribution >= 4 is 43.2 Å². The minimum Gasteiger partial charge on any atom is -0.382 e. The summed E-state index contributed by atoms with van der Waals surface area (Å²) in [5, 5.41) is 5.41. The van der Waals surface area contributed by atoms with E-state index in [0.29, 0.717) is 5.82 Å². The second-order valence-corrected chi connectivity index (χ2v) is 5.87. The van der Waals surface area contributed by atoms with E-state index in [0.717, 1.165) is 10.2 Å². The standard InChI is InChI=1S/C12H10BrN3S/c1-16-9(6-12(14)15-16)11-4-7-2-3-8(13)5-10(7)17-11/h2-6H,1H3,(H2,14,15). The fourth-order valence-corrected chi connectivity index (χ4v) is 3.51. The number of thiophene rings is 1. The van der Waals surface area contributed by atoms with Crippen LogP contribution in [-0.4, -0.2) is 9.78 Å². The van der Waals surface area contributed by atoms with Gasteiger partial charge in [-0.1, -0.05) is 22.0 Å². The molecule has 0 saturated carbocycles. The molecule has 5 heteroatoms. The topological polar surface area (TPSA) is 43.8 Å². The molecule has 1 aromatic carbocycles. The Bertz CT molecular complexity index is 699. The number of nitrogens with zero attached hydrogens (tertiary/aromatic N) is 2. The number of anilines is 1. The molecule has 0 atom stereocenters. The van der Waals surface area contributed by atoms with E-state index in [4.69, 9.17) is 5.73 Å². The Morgan fingerprint density at radius 2 is 2.12 bits per heavy atom. The van der Waals surface area contributed by atoms with Gasteiger partial charge >= 0.3 is 0 Å². The van der Waals surface area contributed by atoms with Gasteiger partial charge in [-0.25, -0.2) is 0 Å². The van der Waals surface area contributed by atoms with Crippen LogP contribution in [0.15, 0.2) is 34.8 Å². The highest BCUT2D eigenvalue weighted by molar-refractivity contribution is 9.10. The zero-order valence-electron chi connectivity index (χ0n) is 9.14. The molecule has 2 N–H and O–H groups in total. The van der Waals surface area contributed by atoms with E-state index >= 15 is 0 Å². The monoisotopic (exact) mass is 307 g/mol. The van der Waals surface area contributed by atoms with Gasteiger partial charge in [0.1, 0.15) is 5.82 Å². The number of benzene rings is 1. The number of rotatable bonds is 1. The third-order valence-electron chi connectivity index (χ3n) is 2.63. The maximum atomic E-state index is 5.70. The van der Waals surface area contributed by atoms with Gasteiger partial charge in [-0.3, -0.25) is 4.68 Å². The van der Waals surface area contributed by atoms with Crippen LogP contribution in [0.2, 0.25) is 0 Å². The van der Waals surface area contributed by atoms with Gasteiger partial charge in [0.2, 0.25) is 0 Å². The molecule has 0 spiro atoms. The first-order valence-corrected chi connectivity index (χ1v) is 6.73. The molecule has 3 rings (SSSR count). The number of hydrogen-bond donors (Lipinski definition) is 1. The van der Waals surface area contributed by atoms with E-state index in [9.17, 15) is 0 Å². The normalized spacial score (nSPS) is 11.2. The molecule has 2 aromatic heterocycles. The quantitative estimate of drug-likeness (QED) is 0.746. The maximum absolute atomic E-state index is 5.70. The highest BCUT2D eigenvalue weighted by atomic mass is 79.9. The van der Waals surface area contributed by atoms with Crippen molar-refractivity contribution in [3.63, 3.8) is 0 Å². The molecule has 0 bridgehead atoms. The first-order chi connectivity index (χ1) is 8.13. The number of nitrogen functional groups attached to an aromatic ring is 1. The number of nitrogens with two attached hydrogens (primary N) is 1. The highest BCUT2D eigenvalue weighted by Gasteiger charge is 2.09. The van der Waals surface area contributed by atoms with Crippen molar-refractivity contribution < 1.29 is 0 Å². The van der Waals surface area contributed by atoms with Gasteiger partial charge in [-0.15, -0.1) is 11.3 Å². The summed E-state index contributed by atoms with van der Waals surface area (Å²) < 4.78 is 4.17. The average molecular weight is 308 g/mol. The highest BCUT2D eigenvalue weighted by Crippen LogP contribution is 2.35. The van der Waals surface area contributed by atoms with E-state index in [1.54, 1.807) is 11.3 Å². The van der Waals surface area contributed by atoms with Crippen LogP contribution in [0.3, 0.4) is 0 Å². The van der Waals surface area contributed by atoms with E-state index in [1.807, 2.05) is 17.8 Å². The fraction of sp³-hybridized carbons (Fsp3) is 0.0833. The average Bonchev–Trinajstić information content (AvgIpc) is 2.80. The molecular weight excluding hydrogens is 298 g/mol. The Labute approximate surface area is 111 Å². The lowest BCUT2D eigenvalue weighted by Crippen LogP contribution is -1.93. The zero-order chi connectivity index (χ0) is 12.0. The van der Waals surface area contributed by atoms with Crippen molar-refractivity contribution in [1.29, 1.82) is 0 Å². The van der Waals surface area contributed by atoms with Gasteiger partial charge in [-0.2, -0.15) is 5.10 Å². The SMILES string of the molecule is Cn1nc(N)cc1-c1cc2ccc(Br)cc2s1. The summed E-state index contributed by atoms with van der Waals surface area (Å²) in [4.78, 5) is 1.19. The predicted octanol–water partition coefficient (Wildman–Crippen LogP) is 3.65. The van der Waals surface area contributed by atoms with Crippen LogP contribution in [0, 0.1) is 0 Å². The lowest BCUT2D eigenvalue weighted by molar-refractivity contribution is 0.782. The molecular formula is C12H10BrN3S. The van der Waals surface area contributed by atoms with Gasteiger partial charge in [-0.05, 0) is 23.6 Å². The summed E-state index contributed by atoms with van der Waals surface area (Å²) in [6, 6.07) is 10.4. The summed E-state index contributed by atoms with van der Waals surface area (Å²) in [6.07, 6.45) is 0. The second-order valence-electron chi connectivity index (χ2n) is 3.87. The molecule has 0 aliphatic rings. The van der Waals surface area contributed by atoms with E-state index in [1.165, 1.54) is 15.0 Å². The molecule has 2 heterocycles. The van der Waals surface area contributed by atoms with E-state index in [-0.39, 0.29) is 0 Å². The molecule has 86 valence electrons. The number of fused-ring (bicyclic) bond motifs is 1. The second kappa shape index (κ2) is 3.85. The predicted molar refractivity (Wildman–Crippen MR) is 76.1 cm³/mol. The molecule has 3 nitrogen and oxygen atoms in total. The van der Waals surface area contributed by atoms with Crippen LogP contribution in [0.5, 0.6) is 0 Å². The Balaban J connectivity index is 2.21. The summed E-state index contributed by atoms with van der Waals surface area (Å²) in [6.45, 7) is 0. The Morgan fingerprint density at radius 3 is 2.82 bits per heavy atom. The third-order valence-corrected chi connectivity index (χ3v) is 4.25. The number of aryl methyl sites for hydroxylation is 1. The number of aromatic nitrogens is 2. The number of hydrogen-bond acceptors (Lipinski definition) is 3. The summed E-state index contributed by atoms with van der Waals surface area (Å²) >= 11 is 5.23. The van der Waals surface area contributed by atoms with Crippen molar-refractivity contribution in [1.82, 2.24) is 9.78 Å². The van der Waals surface area contributed by atoms with E-state index < -0.39 is 0 Å². The third kappa shape index (κ3) is 1.85. The van der Waals surface area contributed by atoms with Gasteiger partial charge in [0.05, 0.1) is 10.6 Å². The smallest absolute Gasteiger partial charge is 0.146 e. The van der Waals surface area contributed by atoms with Crippen molar-refractivity contribution in [2.75, 3.05) is 5.73 Å². The fourth-order valence-electron chi connectivity index (χ4n) is 1.85. The molecule has 0 radical (unpaired) electrons. The summed E-state index contributed by atoms with van der Waals surface area (Å²) in [5.74, 6) is 0.557. The maximum Gasteiger partial charge on any atom is 0.146 e. The van der Waals surface area contributed by atoms with Crippen LogP contribution in [0.4, 0.5) is 5.82 Å².